The van der Waals surface area contributed by atoms with Crippen molar-refractivity contribution in [1.82, 2.24) is 10.6 Å². The Morgan fingerprint density at radius 1 is 0.787 bits per heavy atom. The summed E-state index contributed by atoms with van der Waals surface area (Å²) in [7, 11) is 0. The van der Waals surface area contributed by atoms with E-state index in [0.717, 1.165) is 0 Å². The van der Waals surface area contributed by atoms with E-state index < -0.39 is 80.2 Å². The van der Waals surface area contributed by atoms with Gasteiger partial charge < -0.3 is 70.4 Å². The van der Waals surface area contributed by atoms with Crippen LogP contribution in [0.15, 0.2) is 0 Å². The number of carbonyl (C=O) groups excluding carboxylic acids is 3. The lowest BCUT2D eigenvalue weighted by Gasteiger charge is -2.45. The molecule has 10 N–H and O–H groups in total. The highest BCUT2D eigenvalue weighted by Gasteiger charge is 2.53. The highest BCUT2D eigenvalue weighted by molar-refractivity contribution is 5.87. The Labute approximate surface area is 274 Å². The van der Waals surface area contributed by atoms with Crippen molar-refractivity contribution in [3.05, 3.63) is 0 Å². The number of ether oxygens (including phenoxy) is 4. The molecule has 2 aliphatic heterocycles. The molecule has 2 amide bonds. The van der Waals surface area contributed by atoms with Crippen LogP contribution < -0.4 is 10.6 Å². The topological polar surface area (TPSA) is 274 Å². The number of amides is 2. The number of hydrogen-bond donors (Lipinski definition) is 10. The van der Waals surface area contributed by atoms with Crippen LogP contribution in [0.25, 0.3) is 0 Å². The summed E-state index contributed by atoms with van der Waals surface area (Å²) in [6, 6.07) is -0.649. The lowest BCUT2D eigenvalue weighted by Crippen LogP contribution is -2.64. The van der Waals surface area contributed by atoms with Gasteiger partial charge in [-0.05, 0) is 51.9 Å². The van der Waals surface area contributed by atoms with E-state index in [1.165, 1.54) is 13.8 Å². The number of ketones is 1. The predicted molar refractivity (Wildman–Crippen MR) is 161 cm³/mol. The number of carbonyl (C=O) groups is 3. The van der Waals surface area contributed by atoms with Gasteiger partial charge in [0, 0.05) is 38.5 Å². The molecule has 0 spiro atoms. The van der Waals surface area contributed by atoms with Crippen molar-refractivity contribution in [3.63, 3.8) is 0 Å². The van der Waals surface area contributed by atoms with Crippen molar-refractivity contribution < 1.29 is 74.2 Å². The molecule has 0 aliphatic carbocycles. The molecule has 0 aromatic carbocycles. The number of Topliss-reactive ketones (excluding diaryl/α,β-unsaturated/α-hetero) is 1. The minimum atomic E-state index is -2.60. The maximum Gasteiger partial charge on any atom is 0.220 e. The van der Waals surface area contributed by atoms with Gasteiger partial charge in [0.05, 0.1) is 19.3 Å². The van der Waals surface area contributed by atoms with Crippen LogP contribution in [-0.4, -0.2) is 152 Å². The van der Waals surface area contributed by atoms with E-state index in [1.807, 2.05) is 0 Å². The molecule has 10 atom stereocenters. The molecule has 2 rings (SSSR count). The van der Waals surface area contributed by atoms with Crippen molar-refractivity contribution in [1.29, 1.82) is 0 Å². The van der Waals surface area contributed by atoms with Crippen LogP contribution in [0.4, 0.5) is 0 Å². The Morgan fingerprint density at radius 3 is 2.00 bits per heavy atom. The summed E-state index contributed by atoms with van der Waals surface area (Å²) in [6.07, 6.45) is -6.85. The number of rotatable bonds is 21. The zero-order valence-electron chi connectivity index (χ0n) is 27.1. The average Bonchev–Trinajstić information content (AvgIpc) is 3.03. The first-order valence-corrected chi connectivity index (χ1v) is 16.2. The van der Waals surface area contributed by atoms with Crippen molar-refractivity contribution in [2.24, 2.45) is 5.92 Å². The van der Waals surface area contributed by atoms with Gasteiger partial charge in [-0.15, -0.1) is 0 Å². The maximum atomic E-state index is 12.4. The Bertz CT molecular complexity index is 950. The second kappa shape index (κ2) is 20.6. The van der Waals surface area contributed by atoms with Gasteiger partial charge in [-0.2, -0.15) is 0 Å². The highest BCUT2D eigenvalue weighted by atomic mass is 16.7. The zero-order chi connectivity index (χ0) is 35.1. The van der Waals surface area contributed by atoms with E-state index in [0.29, 0.717) is 51.5 Å². The molecule has 0 bridgehead atoms. The summed E-state index contributed by atoms with van der Waals surface area (Å²) in [5.41, 5.74) is 0. The fourth-order valence-electron chi connectivity index (χ4n) is 5.29. The van der Waals surface area contributed by atoms with Gasteiger partial charge in [0.15, 0.2) is 18.4 Å². The van der Waals surface area contributed by atoms with E-state index in [9.17, 15) is 55.2 Å². The van der Waals surface area contributed by atoms with E-state index in [-0.39, 0.29) is 43.7 Å². The first-order chi connectivity index (χ1) is 22.2. The van der Waals surface area contributed by atoms with Gasteiger partial charge >= 0.3 is 0 Å². The fraction of sp³-hybridized carbons (Fsp3) is 0.900. The molecule has 9 unspecified atom stereocenters. The van der Waals surface area contributed by atoms with E-state index >= 15 is 0 Å². The number of aliphatic hydroxyl groups is 8. The summed E-state index contributed by atoms with van der Waals surface area (Å²) >= 11 is 0. The molecule has 2 fully saturated rings. The van der Waals surface area contributed by atoms with Crippen molar-refractivity contribution in [2.45, 2.75) is 133 Å². The summed E-state index contributed by atoms with van der Waals surface area (Å²) in [4.78, 5) is 36.6. The molecule has 2 aliphatic rings. The van der Waals surface area contributed by atoms with Crippen LogP contribution in [0.1, 0.15) is 71.6 Å². The van der Waals surface area contributed by atoms with Gasteiger partial charge in [-0.1, -0.05) is 6.92 Å². The summed E-state index contributed by atoms with van der Waals surface area (Å²) in [5, 5.41) is 83.6. The SMILES string of the molecule is CC(=O)[C@@H](CCCCNC(=O)CCCCOC1OC(CO)C(O)C(O)C1O)NC(=O)CCCCOC1OC(CO)C(O)(O)C(O)C1C. The van der Waals surface area contributed by atoms with Gasteiger partial charge in [-0.3, -0.25) is 14.4 Å². The molecule has 17 nitrogen and oxygen atoms in total. The second-order valence-electron chi connectivity index (χ2n) is 12.2. The smallest absolute Gasteiger partial charge is 0.220 e. The molecule has 0 aromatic rings. The largest absolute Gasteiger partial charge is 0.394 e. The first kappa shape index (κ1) is 41.3. The van der Waals surface area contributed by atoms with Crippen molar-refractivity contribution >= 4 is 17.6 Å². The first-order valence-electron chi connectivity index (χ1n) is 16.2. The fourth-order valence-corrected chi connectivity index (χ4v) is 5.29. The second-order valence-corrected chi connectivity index (χ2v) is 12.2. The summed E-state index contributed by atoms with van der Waals surface area (Å²) < 4.78 is 21.6. The molecule has 2 heterocycles. The summed E-state index contributed by atoms with van der Waals surface area (Å²) in [5.74, 6) is -4.02. The van der Waals surface area contributed by atoms with E-state index in [2.05, 4.69) is 10.6 Å². The van der Waals surface area contributed by atoms with Gasteiger partial charge in [0.1, 0.15) is 36.6 Å². The third kappa shape index (κ3) is 12.8. The van der Waals surface area contributed by atoms with Crippen LogP contribution in [0.2, 0.25) is 0 Å². The molecule has 17 heteroatoms. The number of aliphatic hydroxyl groups excluding tert-OH is 6. The molecule has 274 valence electrons. The maximum absolute atomic E-state index is 12.4. The lowest BCUT2D eigenvalue weighted by atomic mass is 9.89. The lowest BCUT2D eigenvalue weighted by molar-refractivity contribution is -0.376. The monoisotopic (exact) mass is 682 g/mol. The molecular weight excluding hydrogens is 628 g/mol. The van der Waals surface area contributed by atoms with Gasteiger partial charge in [0.2, 0.25) is 17.6 Å². The predicted octanol–water partition coefficient (Wildman–Crippen LogP) is -3.08. The Kier molecular flexibility index (Phi) is 18.1. The molecule has 0 radical (unpaired) electrons. The van der Waals surface area contributed by atoms with Gasteiger partial charge in [0.25, 0.3) is 0 Å². The Balaban J connectivity index is 1.53. The number of nitrogens with one attached hydrogen (secondary N) is 2. The third-order valence-electron chi connectivity index (χ3n) is 8.38. The normalized spacial score (nSPS) is 31.2. The number of unbranched alkanes of at least 4 members (excludes halogenated alkanes) is 3. The van der Waals surface area contributed by atoms with Crippen molar-refractivity contribution in [3.8, 4) is 0 Å². The molecule has 0 saturated carbocycles. The Morgan fingerprint density at radius 2 is 1.40 bits per heavy atom. The molecule has 2 saturated heterocycles. The van der Waals surface area contributed by atoms with Crippen LogP contribution in [-0.2, 0) is 33.3 Å². The van der Waals surface area contributed by atoms with Gasteiger partial charge in [-0.25, -0.2) is 0 Å². The van der Waals surface area contributed by atoms with E-state index in [4.69, 9.17) is 18.9 Å². The quantitative estimate of drug-likeness (QED) is 0.0425. The van der Waals surface area contributed by atoms with E-state index in [1.54, 1.807) is 0 Å². The van der Waals surface area contributed by atoms with Crippen LogP contribution in [0, 0.1) is 5.92 Å². The minimum absolute atomic E-state index is 0.130. The highest BCUT2D eigenvalue weighted by Crippen LogP contribution is 2.32. The third-order valence-corrected chi connectivity index (χ3v) is 8.38. The molecular formula is C30H54N2O15. The zero-order valence-corrected chi connectivity index (χ0v) is 27.1. The molecule has 0 aromatic heterocycles. The van der Waals surface area contributed by atoms with Crippen LogP contribution >= 0.6 is 0 Å². The standard InChI is InChI=1S/C30H54N2O15/c1-17-27(41)30(42,43)21(16-34)47-28(17)44-13-8-5-11-23(37)32-19(18(2)35)9-3-6-12-31-22(36)10-4-7-14-45-29-26(40)25(39)24(38)20(15-33)46-29/h17,19-21,24-29,33-34,38-43H,3-16H2,1-2H3,(H,31,36)(H,32,37)/t17?,19-,20?,21?,24?,25?,26?,27?,28?,29?/m1/s1. The van der Waals surface area contributed by atoms with Crippen LogP contribution in [0.3, 0.4) is 0 Å². The Hall–Kier alpha value is -1.87. The minimum Gasteiger partial charge on any atom is -0.394 e. The summed E-state index contributed by atoms with van der Waals surface area (Å²) in [6.45, 7) is 2.34. The van der Waals surface area contributed by atoms with Crippen LogP contribution in [0.5, 0.6) is 0 Å². The van der Waals surface area contributed by atoms with Crippen molar-refractivity contribution in [2.75, 3.05) is 33.0 Å². The molecule has 47 heavy (non-hydrogen) atoms. The number of hydrogen-bond acceptors (Lipinski definition) is 15. The average molecular weight is 683 g/mol.